The van der Waals surface area contributed by atoms with Crippen LogP contribution in [0, 0.1) is 17.5 Å². The highest BCUT2D eigenvalue weighted by atomic mass is 19.2. The summed E-state index contributed by atoms with van der Waals surface area (Å²) in [6.07, 6.45) is 5.12. The average molecular weight is 387 g/mol. The molecular formula is C19H16F3N5O. The van der Waals surface area contributed by atoms with Gasteiger partial charge in [0.15, 0.2) is 17.5 Å². The van der Waals surface area contributed by atoms with Crippen LogP contribution in [0.25, 0.3) is 0 Å². The van der Waals surface area contributed by atoms with E-state index >= 15 is 0 Å². The summed E-state index contributed by atoms with van der Waals surface area (Å²) in [5.74, 6) is -4.54. The summed E-state index contributed by atoms with van der Waals surface area (Å²) in [6, 6.07) is 6.87. The van der Waals surface area contributed by atoms with Crippen molar-refractivity contribution in [2.45, 2.75) is 6.42 Å². The number of halogens is 3. The Morgan fingerprint density at radius 1 is 1.07 bits per heavy atom. The standard InChI is InChI=1S/C19H16F3N5O/c1-27(9-6-12-4-7-23-8-5-12)19(28)15-10-16(25-11-24-15)26-14-3-2-13(20)17(21)18(14)22/h2-5,7-8,10-11H,6,9H2,1H3,(H,24,25,26). The molecule has 0 fully saturated rings. The van der Waals surface area contributed by atoms with Crippen LogP contribution >= 0.6 is 0 Å². The molecule has 3 aromatic rings. The van der Waals surface area contributed by atoms with Crippen LogP contribution in [0.15, 0.2) is 49.1 Å². The number of nitrogens with one attached hydrogen (secondary N) is 1. The lowest BCUT2D eigenvalue weighted by molar-refractivity contribution is 0.0790. The molecule has 1 amide bonds. The van der Waals surface area contributed by atoms with Crippen LogP contribution in [-0.2, 0) is 6.42 Å². The maximum absolute atomic E-state index is 13.8. The Kier molecular flexibility index (Phi) is 5.83. The lowest BCUT2D eigenvalue weighted by atomic mass is 10.2. The fourth-order valence-corrected chi connectivity index (χ4v) is 2.45. The normalized spacial score (nSPS) is 10.6. The monoisotopic (exact) mass is 387 g/mol. The van der Waals surface area contributed by atoms with E-state index in [0.717, 1.165) is 24.0 Å². The smallest absolute Gasteiger partial charge is 0.272 e. The molecule has 2 heterocycles. The molecule has 3 rings (SSSR count). The van der Waals surface area contributed by atoms with Crippen molar-refractivity contribution in [1.82, 2.24) is 19.9 Å². The fraction of sp³-hybridized carbons (Fsp3) is 0.158. The van der Waals surface area contributed by atoms with E-state index in [1.165, 1.54) is 11.0 Å². The van der Waals surface area contributed by atoms with Crippen LogP contribution in [0.4, 0.5) is 24.7 Å². The molecule has 1 N–H and O–H groups in total. The molecule has 0 bridgehead atoms. The molecule has 0 aliphatic rings. The highest BCUT2D eigenvalue weighted by molar-refractivity contribution is 5.92. The Morgan fingerprint density at radius 3 is 2.57 bits per heavy atom. The van der Waals surface area contributed by atoms with E-state index in [4.69, 9.17) is 0 Å². The second-order valence-corrected chi connectivity index (χ2v) is 5.97. The number of anilines is 2. The molecule has 0 aliphatic carbocycles. The number of benzene rings is 1. The van der Waals surface area contributed by atoms with E-state index in [1.807, 2.05) is 12.1 Å². The lowest BCUT2D eigenvalue weighted by Crippen LogP contribution is -2.29. The zero-order valence-electron chi connectivity index (χ0n) is 14.9. The molecule has 9 heteroatoms. The summed E-state index contributed by atoms with van der Waals surface area (Å²) in [5.41, 5.74) is 0.813. The predicted octanol–water partition coefficient (Wildman–Crippen LogP) is 3.35. The first kappa shape index (κ1) is 19.3. The maximum atomic E-state index is 13.8. The number of nitrogens with zero attached hydrogens (tertiary/aromatic N) is 4. The minimum atomic E-state index is -1.59. The lowest BCUT2D eigenvalue weighted by Gasteiger charge is -2.17. The zero-order valence-corrected chi connectivity index (χ0v) is 14.9. The average Bonchev–Trinajstić information content (AvgIpc) is 2.73. The van der Waals surface area contributed by atoms with Gasteiger partial charge in [0.2, 0.25) is 0 Å². The SMILES string of the molecule is CN(CCc1ccncc1)C(=O)c1cc(Nc2ccc(F)c(F)c2F)ncn1. The van der Waals surface area contributed by atoms with Gasteiger partial charge in [-0.3, -0.25) is 9.78 Å². The largest absolute Gasteiger partial charge is 0.340 e. The van der Waals surface area contributed by atoms with Crippen LogP contribution in [0.1, 0.15) is 16.1 Å². The van der Waals surface area contributed by atoms with E-state index in [9.17, 15) is 18.0 Å². The van der Waals surface area contributed by atoms with Gasteiger partial charge in [0, 0.05) is 32.1 Å². The third-order valence-electron chi connectivity index (χ3n) is 4.02. The molecule has 6 nitrogen and oxygen atoms in total. The number of hydrogen-bond acceptors (Lipinski definition) is 5. The second kappa shape index (κ2) is 8.47. The number of likely N-dealkylation sites (N-methyl/N-ethyl adjacent to an activating group) is 1. The molecule has 1 aromatic carbocycles. The summed E-state index contributed by atoms with van der Waals surface area (Å²) >= 11 is 0. The van der Waals surface area contributed by atoms with Gasteiger partial charge in [-0.2, -0.15) is 0 Å². The number of carbonyl (C=O) groups is 1. The van der Waals surface area contributed by atoms with Crippen LogP contribution in [0.5, 0.6) is 0 Å². The fourth-order valence-electron chi connectivity index (χ4n) is 2.45. The van der Waals surface area contributed by atoms with E-state index in [0.29, 0.717) is 13.0 Å². The molecular weight excluding hydrogens is 371 g/mol. The minimum absolute atomic E-state index is 0.0748. The number of carbonyl (C=O) groups excluding carboxylic acids is 1. The topological polar surface area (TPSA) is 71.0 Å². The van der Waals surface area contributed by atoms with Crippen molar-refractivity contribution in [1.29, 1.82) is 0 Å². The van der Waals surface area contributed by atoms with Gasteiger partial charge in [-0.05, 0) is 36.2 Å². The second-order valence-electron chi connectivity index (χ2n) is 5.97. The highest BCUT2D eigenvalue weighted by Gasteiger charge is 2.16. The molecule has 28 heavy (non-hydrogen) atoms. The summed E-state index contributed by atoms with van der Waals surface area (Å²) in [4.78, 5) is 25.8. The first-order chi connectivity index (χ1) is 13.5. The molecule has 144 valence electrons. The third kappa shape index (κ3) is 4.43. The van der Waals surface area contributed by atoms with Gasteiger partial charge in [0.25, 0.3) is 5.91 Å². The molecule has 0 saturated heterocycles. The Bertz CT molecular complexity index is 985. The number of amides is 1. The van der Waals surface area contributed by atoms with Crippen molar-refractivity contribution in [3.63, 3.8) is 0 Å². The number of rotatable bonds is 6. The van der Waals surface area contributed by atoms with E-state index in [2.05, 4.69) is 20.3 Å². The van der Waals surface area contributed by atoms with E-state index < -0.39 is 17.5 Å². The summed E-state index contributed by atoms with van der Waals surface area (Å²) in [7, 11) is 1.63. The van der Waals surface area contributed by atoms with Crippen molar-refractivity contribution in [2.24, 2.45) is 0 Å². The van der Waals surface area contributed by atoms with Gasteiger partial charge < -0.3 is 10.2 Å². The summed E-state index contributed by atoms with van der Waals surface area (Å²) in [5, 5.41) is 2.52. The van der Waals surface area contributed by atoms with Gasteiger partial charge in [0.05, 0.1) is 5.69 Å². The molecule has 0 unspecified atom stereocenters. The van der Waals surface area contributed by atoms with Crippen molar-refractivity contribution in [3.05, 3.63) is 77.8 Å². The quantitative estimate of drug-likeness (QED) is 0.657. The van der Waals surface area contributed by atoms with Crippen molar-refractivity contribution in [2.75, 3.05) is 18.9 Å². The first-order valence-electron chi connectivity index (χ1n) is 8.32. The molecule has 2 aromatic heterocycles. The van der Waals surface area contributed by atoms with Crippen molar-refractivity contribution in [3.8, 4) is 0 Å². The Hall–Kier alpha value is -3.49. The first-order valence-corrected chi connectivity index (χ1v) is 8.32. The molecule has 0 spiro atoms. The Labute approximate surface area is 159 Å². The van der Waals surface area contributed by atoms with Gasteiger partial charge in [-0.25, -0.2) is 23.1 Å². The van der Waals surface area contributed by atoms with Gasteiger partial charge in [0.1, 0.15) is 17.8 Å². The van der Waals surface area contributed by atoms with Gasteiger partial charge in [-0.15, -0.1) is 0 Å². The van der Waals surface area contributed by atoms with Crippen LogP contribution in [0.3, 0.4) is 0 Å². The van der Waals surface area contributed by atoms with Crippen LogP contribution < -0.4 is 5.32 Å². The molecule has 0 atom stereocenters. The Morgan fingerprint density at radius 2 is 1.82 bits per heavy atom. The molecule has 0 saturated carbocycles. The summed E-state index contributed by atoms with van der Waals surface area (Å²) in [6.45, 7) is 0.452. The zero-order chi connectivity index (χ0) is 20.1. The van der Waals surface area contributed by atoms with Crippen LogP contribution in [-0.4, -0.2) is 39.4 Å². The Balaban J connectivity index is 1.70. The number of pyridine rings is 1. The van der Waals surface area contributed by atoms with Crippen molar-refractivity contribution < 1.29 is 18.0 Å². The minimum Gasteiger partial charge on any atom is -0.340 e. The van der Waals surface area contributed by atoms with Crippen LogP contribution in [0.2, 0.25) is 0 Å². The van der Waals surface area contributed by atoms with E-state index in [-0.39, 0.29) is 23.1 Å². The number of aromatic nitrogens is 3. The number of hydrogen-bond donors (Lipinski definition) is 1. The maximum Gasteiger partial charge on any atom is 0.272 e. The van der Waals surface area contributed by atoms with Gasteiger partial charge >= 0.3 is 0 Å². The highest BCUT2D eigenvalue weighted by Crippen LogP contribution is 2.22. The van der Waals surface area contributed by atoms with Gasteiger partial charge in [-0.1, -0.05) is 0 Å². The van der Waals surface area contributed by atoms with Crippen molar-refractivity contribution >= 4 is 17.4 Å². The molecule has 0 radical (unpaired) electrons. The molecule has 0 aliphatic heterocycles. The third-order valence-corrected chi connectivity index (χ3v) is 4.02. The van der Waals surface area contributed by atoms with E-state index in [1.54, 1.807) is 19.4 Å². The summed E-state index contributed by atoms with van der Waals surface area (Å²) < 4.78 is 40.2. The predicted molar refractivity (Wildman–Crippen MR) is 96.5 cm³/mol.